The van der Waals surface area contributed by atoms with E-state index in [1.807, 2.05) is 12.1 Å². The van der Waals surface area contributed by atoms with Crippen LogP contribution in [0.3, 0.4) is 0 Å². The number of aliphatic hydroxyl groups is 3. The Morgan fingerprint density at radius 3 is 2.46 bits per heavy atom. The van der Waals surface area contributed by atoms with Gasteiger partial charge in [0.1, 0.15) is 11.3 Å². The normalized spacial score (nSPS) is 29.1. The van der Waals surface area contributed by atoms with Gasteiger partial charge >= 0.3 is 17.6 Å². The second-order valence-corrected chi connectivity index (χ2v) is 24.3. The summed E-state index contributed by atoms with van der Waals surface area (Å²) in [4.78, 5) is 46.1. The molecule has 1 spiro atoms. The van der Waals surface area contributed by atoms with E-state index in [0.717, 1.165) is 49.7 Å². The molecule has 5 aromatic carbocycles. The molecule has 7 aliphatic rings. The molecule has 6 bridgehead atoms. The van der Waals surface area contributed by atoms with Crippen LogP contribution in [0, 0.1) is 23.2 Å². The van der Waals surface area contributed by atoms with E-state index >= 15 is 9.59 Å². The van der Waals surface area contributed by atoms with Crippen molar-refractivity contribution in [3.63, 3.8) is 0 Å². The molecule has 4 aliphatic carbocycles. The van der Waals surface area contributed by atoms with Crippen LogP contribution in [0.15, 0.2) is 148 Å². The lowest BCUT2D eigenvalue weighted by molar-refractivity contribution is -0.221. The largest absolute Gasteiger partial charge is 0.482 e. The van der Waals surface area contributed by atoms with Crippen molar-refractivity contribution in [2.45, 2.75) is 132 Å². The molecule has 11 heteroatoms. The third-order valence-electron chi connectivity index (χ3n) is 20.2. The van der Waals surface area contributed by atoms with Gasteiger partial charge in [-0.15, -0.1) is 0 Å². The monoisotopic (exact) mass is 1090 g/mol. The number of hydrogen-bond acceptors (Lipinski definition) is 11. The van der Waals surface area contributed by atoms with Crippen molar-refractivity contribution in [1.29, 1.82) is 0 Å². The number of esters is 2. The summed E-state index contributed by atoms with van der Waals surface area (Å²) in [7, 11) is 1.52. The number of carbonyl (C=O) groups is 2. The van der Waals surface area contributed by atoms with Crippen LogP contribution < -0.4 is 10.4 Å². The molecule has 4 heterocycles. The topological polar surface area (TPSA) is 162 Å². The standard InChI is InChI=1S/C70H72O11/c1-41(38-72)52-21-18-44-16-17-49-34-48(44)26-30-69-28-9-29-70(60(69)37-56-54-15-7-6-13-45(54)20-24-58(56)69)66(80-67(52)75)65(63-59(81-70)25-23-55-57(39-73)62(68(76)79-64(55)63)50(27-31-71)40-77-2)78-61(74)36-51-35-47(19-22-53(49)51)46-14-8-12-43(33-46)32-42-10-4-3-5-11-42/h3-8,10-17,19-20,22-25,33-34,47,50-51,53,56,58,60,65-66,71-73H,9,18,21,26-32,35-40H2,1-2H3/b52-41-/t47-,50+,51+,53-,56+,58-,60+,65+,66-,69+,70-/m0/s1. The first kappa shape index (κ1) is 53.4. The van der Waals surface area contributed by atoms with Gasteiger partial charge in [-0.2, -0.15) is 0 Å². The van der Waals surface area contributed by atoms with Gasteiger partial charge in [-0.05, 0) is 168 Å². The van der Waals surface area contributed by atoms with E-state index in [0.29, 0.717) is 53.5 Å². The molecule has 0 saturated heterocycles. The van der Waals surface area contributed by atoms with Crippen molar-refractivity contribution in [2.24, 2.45) is 23.2 Å². The number of methoxy groups -OCH3 is 1. The Bertz CT molecular complexity index is 3570. The quantitative estimate of drug-likeness (QED) is 0.0518. The van der Waals surface area contributed by atoms with Gasteiger partial charge in [-0.3, -0.25) is 4.79 Å². The molecule has 11 nitrogen and oxygen atoms in total. The summed E-state index contributed by atoms with van der Waals surface area (Å²) in [6.07, 6.45) is 13.7. The Hall–Kier alpha value is -6.89. The van der Waals surface area contributed by atoms with E-state index < -0.39 is 47.9 Å². The lowest BCUT2D eigenvalue weighted by Crippen LogP contribution is -2.65. The van der Waals surface area contributed by atoms with E-state index in [1.165, 1.54) is 40.5 Å². The molecule has 3 aliphatic heterocycles. The van der Waals surface area contributed by atoms with E-state index in [9.17, 15) is 20.1 Å². The third kappa shape index (κ3) is 9.23. The fourth-order valence-corrected chi connectivity index (χ4v) is 16.6. The number of fused-ring (bicyclic) bond motifs is 11. The highest BCUT2D eigenvalue weighted by Gasteiger charge is 2.70. The van der Waals surface area contributed by atoms with Crippen LogP contribution in [-0.4, -0.2) is 65.9 Å². The molecule has 3 N–H and O–H groups in total. The van der Waals surface area contributed by atoms with Crippen molar-refractivity contribution < 1.29 is 48.3 Å². The molecule has 2 fully saturated rings. The molecule has 0 unspecified atom stereocenters. The van der Waals surface area contributed by atoms with Crippen LogP contribution in [0.25, 0.3) is 17.0 Å². The molecule has 81 heavy (non-hydrogen) atoms. The number of aliphatic hydroxyl groups excluding tert-OH is 3. The highest BCUT2D eigenvalue weighted by atomic mass is 16.6. The van der Waals surface area contributed by atoms with Crippen molar-refractivity contribution >= 4 is 29.0 Å². The summed E-state index contributed by atoms with van der Waals surface area (Å²) in [5.74, 6) is -1.68. The second-order valence-electron chi connectivity index (χ2n) is 24.3. The van der Waals surface area contributed by atoms with E-state index in [1.54, 1.807) is 13.0 Å². The van der Waals surface area contributed by atoms with Gasteiger partial charge < -0.3 is 38.7 Å². The van der Waals surface area contributed by atoms with Gasteiger partial charge in [0.15, 0.2) is 17.8 Å². The third-order valence-corrected chi connectivity index (χ3v) is 20.2. The molecule has 6 aromatic rings. The Labute approximate surface area is 473 Å². The van der Waals surface area contributed by atoms with E-state index in [2.05, 4.69) is 115 Å². The summed E-state index contributed by atoms with van der Waals surface area (Å²) < 4.78 is 34.2. The zero-order chi connectivity index (χ0) is 55.6. The summed E-state index contributed by atoms with van der Waals surface area (Å²) in [5.41, 5.74) is 8.91. The first-order valence-electron chi connectivity index (χ1n) is 29.5. The fraction of sp³-hybridized carbons (Fsp3) is 0.414. The van der Waals surface area contributed by atoms with Gasteiger partial charge in [-0.1, -0.05) is 121 Å². The average Bonchev–Trinajstić information content (AvgIpc) is 2.39. The maximum absolute atomic E-state index is 15.8. The highest BCUT2D eigenvalue weighted by molar-refractivity contribution is 5.90. The van der Waals surface area contributed by atoms with Crippen molar-refractivity contribution in [3.05, 3.63) is 210 Å². The number of hydrogen-bond donors (Lipinski definition) is 3. The number of benzene rings is 5. The van der Waals surface area contributed by atoms with Gasteiger partial charge in [-0.25, -0.2) is 9.59 Å². The number of rotatable bonds is 10. The van der Waals surface area contributed by atoms with Crippen LogP contribution in [0.1, 0.15) is 156 Å². The molecular formula is C70H72O11. The lowest BCUT2D eigenvalue weighted by Gasteiger charge is -2.58. The summed E-state index contributed by atoms with van der Waals surface area (Å²) in [5, 5.41) is 32.7. The van der Waals surface area contributed by atoms with Crippen LogP contribution >= 0.6 is 0 Å². The minimum Gasteiger partial charge on any atom is -0.482 e. The van der Waals surface area contributed by atoms with Crippen LogP contribution in [0.5, 0.6) is 5.75 Å². The molecule has 2 saturated carbocycles. The van der Waals surface area contributed by atoms with Crippen molar-refractivity contribution in [3.8, 4) is 5.75 Å². The molecule has 0 radical (unpaired) electrons. The van der Waals surface area contributed by atoms with Gasteiger partial charge in [0.05, 0.1) is 25.4 Å². The Kier molecular flexibility index (Phi) is 14.4. The molecule has 0 amide bonds. The van der Waals surface area contributed by atoms with Crippen LogP contribution in [0.4, 0.5) is 0 Å². The Morgan fingerprint density at radius 1 is 0.790 bits per heavy atom. The minimum absolute atomic E-state index is 0.0124. The van der Waals surface area contributed by atoms with Crippen molar-refractivity contribution in [2.75, 3.05) is 26.9 Å². The molecule has 13 rings (SSSR count). The average molecular weight is 1090 g/mol. The smallest absolute Gasteiger partial charge is 0.340 e. The summed E-state index contributed by atoms with van der Waals surface area (Å²) in [6.45, 7) is 0.725. The maximum Gasteiger partial charge on any atom is 0.340 e. The number of carbonyl (C=O) groups excluding carboxylic acids is 2. The SMILES string of the molecule is COC[C@@H](CCO)c1c(CO)c2ccc3c(c2oc1=O)[C@H]1OC(=O)C[C@H]2C[C@@H](c4cccc(Cc5ccccc5)c4)C=C[C@H]2c2ccc4c(c2)CC[C@@]25CCC[C@](O3)([C@@H]2C[C@@H]2c3ccccc3C=C[C@@H]25)[C@H]1OC(=O)/C(=C(/C)CO)CC4. The number of allylic oxidation sites excluding steroid dienone is 3. The lowest BCUT2D eigenvalue weighted by atomic mass is 9.53. The van der Waals surface area contributed by atoms with Gasteiger partial charge in [0.25, 0.3) is 0 Å². The fourth-order valence-electron chi connectivity index (χ4n) is 16.6. The Morgan fingerprint density at radius 2 is 1.63 bits per heavy atom. The molecular weight excluding hydrogens is 1020 g/mol. The zero-order valence-corrected chi connectivity index (χ0v) is 46.3. The highest BCUT2D eigenvalue weighted by Crippen LogP contribution is 2.70. The minimum atomic E-state index is -1.34. The summed E-state index contributed by atoms with van der Waals surface area (Å²) >= 11 is 0. The molecule has 1 aromatic heterocycles. The first-order valence-corrected chi connectivity index (χ1v) is 29.5. The maximum atomic E-state index is 15.8. The predicted octanol–water partition coefficient (Wildman–Crippen LogP) is 12.0. The molecule has 11 atom stereocenters. The van der Waals surface area contributed by atoms with Gasteiger partial charge in [0.2, 0.25) is 0 Å². The van der Waals surface area contributed by atoms with Crippen LogP contribution in [-0.2, 0) is 49.7 Å². The zero-order valence-electron chi connectivity index (χ0n) is 46.3. The molecule has 418 valence electrons. The summed E-state index contributed by atoms with van der Waals surface area (Å²) in [6, 6.07) is 38.4. The van der Waals surface area contributed by atoms with E-state index in [4.69, 9.17) is 23.4 Å². The van der Waals surface area contributed by atoms with E-state index in [-0.39, 0.29) is 90.3 Å². The number of aryl methyl sites for hydroxylation is 2. The predicted molar refractivity (Wildman–Crippen MR) is 309 cm³/mol. The first-order chi connectivity index (χ1) is 39.5. The second kappa shape index (κ2) is 21.8. The van der Waals surface area contributed by atoms with Crippen molar-refractivity contribution in [1.82, 2.24) is 0 Å². The Balaban J connectivity index is 1.04. The number of ether oxygens (including phenoxy) is 4. The van der Waals surface area contributed by atoms with Crippen LogP contribution in [0.2, 0.25) is 0 Å². The van der Waals surface area contributed by atoms with Gasteiger partial charge in [0, 0.05) is 60.3 Å².